The van der Waals surface area contributed by atoms with Gasteiger partial charge in [-0.15, -0.1) is 0 Å². The van der Waals surface area contributed by atoms with E-state index in [-0.39, 0.29) is 12.6 Å². The van der Waals surface area contributed by atoms with Gasteiger partial charge in [0.2, 0.25) is 0 Å². The number of nitrogens with one attached hydrogen (secondary N) is 2. The van der Waals surface area contributed by atoms with Gasteiger partial charge in [-0.2, -0.15) is 0 Å². The van der Waals surface area contributed by atoms with Crippen LogP contribution in [-0.4, -0.2) is 44.0 Å². The summed E-state index contributed by atoms with van der Waals surface area (Å²) in [6.07, 6.45) is 0.523. The number of amides is 2. The molecule has 0 saturated heterocycles. The lowest BCUT2D eigenvalue weighted by molar-refractivity contribution is 0.0599. The van der Waals surface area contributed by atoms with Crippen molar-refractivity contribution in [1.29, 1.82) is 0 Å². The number of aliphatic hydroxyl groups is 1. The zero-order valence-corrected chi connectivity index (χ0v) is 13.4. The van der Waals surface area contributed by atoms with E-state index in [1.54, 1.807) is 6.07 Å². The van der Waals surface area contributed by atoms with E-state index in [9.17, 15) is 9.90 Å². The van der Waals surface area contributed by atoms with Crippen molar-refractivity contribution in [1.82, 2.24) is 10.6 Å². The molecule has 0 spiro atoms. The molecule has 5 nitrogen and oxygen atoms in total. The zero-order chi connectivity index (χ0) is 15.7. The molecule has 1 rings (SSSR count). The van der Waals surface area contributed by atoms with Crippen molar-refractivity contribution in [3.63, 3.8) is 0 Å². The first-order valence-electron chi connectivity index (χ1n) is 6.65. The van der Waals surface area contributed by atoms with Gasteiger partial charge in [0, 0.05) is 30.2 Å². The minimum absolute atomic E-state index is 0.263. The highest BCUT2D eigenvalue weighted by Crippen LogP contribution is 2.19. The molecule has 0 bridgehead atoms. The number of ether oxygens (including phenoxy) is 1. The highest BCUT2D eigenvalue weighted by molar-refractivity contribution is 6.34. The van der Waals surface area contributed by atoms with Crippen LogP contribution < -0.4 is 10.6 Å². The van der Waals surface area contributed by atoms with Crippen molar-refractivity contribution in [2.75, 3.05) is 26.8 Å². The van der Waals surface area contributed by atoms with Crippen LogP contribution in [0.1, 0.15) is 12.0 Å². The van der Waals surface area contributed by atoms with Crippen molar-refractivity contribution in [2.45, 2.75) is 18.9 Å². The molecule has 1 aromatic carbocycles. The van der Waals surface area contributed by atoms with E-state index in [0.29, 0.717) is 36.0 Å². The molecule has 0 radical (unpaired) electrons. The van der Waals surface area contributed by atoms with Gasteiger partial charge in [-0.05, 0) is 36.6 Å². The Hall–Kier alpha value is -1.01. The van der Waals surface area contributed by atoms with Gasteiger partial charge in [0.25, 0.3) is 0 Å². The molecule has 0 aliphatic rings. The molecule has 0 heterocycles. The summed E-state index contributed by atoms with van der Waals surface area (Å²) in [6, 6.07) is 5.02. The number of carbonyl (C=O) groups excluding carboxylic acids is 1. The number of rotatable bonds is 8. The molecule has 3 N–H and O–H groups in total. The fraction of sp³-hybridized carbons (Fsp3) is 0.500. The van der Waals surface area contributed by atoms with Gasteiger partial charge in [0.1, 0.15) is 0 Å². The molecular formula is C14H20Cl2N2O3. The summed E-state index contributed by atoms with van der Waals surface area (Å²) in [6.45, 7) is 1.13. The van der Waals surface area contributed by atoms with E-state index in [4.69, 9.17) is 27.9 Å². The van der Waals surface area contributed by atoms with Crippen LogP contribution in [0.2, 0.25) is 10.0 Å². The number of halogens is 2. The van der Waals surface area contributed by atoms with Crippen LogP contribution in [0, 0.1) is 0 Å². The Morgan fingerprint density at radius 1 is 1.24 bits per heavy atom. The average molecular weight is 335 g/mol. The van der Waals surface area contributed by atoms with Crippen molar-refractivity contribution < 1.29 is 14.6 Å². The molecule has 7 heteroatoms. The molecule has 0 aliphatic heterocycles. The molecule has 1 aromatic rings. The first-order valence-corrected chi connectivity index (χ1v) is 7.40. The Morgan fingerprint density at radius 3 is 2.48 bits per heavy atom. The minimum Gasteiger partial charge on any atom is -0.391 e. The van der Waals surface area contributed by atoms with Gasteiger partial charge >= 0.3 is 6.03 Å². The van der Waals surface area contributed by atoms with Gasteiger partial charge in [-0.25, -0.2) is 4.79 Å². The Bertz CT molecular complexity index is 438. The SMILES string of the molecule is COCC(O)CCNC(=O)NCCc1cc(Cl)cc(Cl)c1. The van der Waals surface area contributed by atoms with Gasteiger partial charge in [0.15, 0.2) is 0 Å². The molecule has 0 aliphatic carbocycles. The third kappa shape index (κ3) is 8.12. The lowest BCUT2D eigenvalue weighted by atomic mass is 10.1. The predicted octanol–water partition coefficient (Wildman–Crippen LogP) is 2.23. The lowest BCUT2D eigenvalue weighted by Gasteiger charge is -2.11. The first-order chi connectivity index (χ1) is 10.0. The molecule has 1 unspecified atom stereocenters. The van der Waals surface area contributed by atoms with Crippen molar-refractivity contribution in [2.24, 2.45) is 0 Å². The monoisotopic (exact) mass is 334 g/mol. The summed E-state index contributed by atoms with van der Waals surface area (Å²) in [4.78, 5) is 11.5. The number of hydrogen-bond donors (Lipinski definition) is 3. The smallest absolute Gasteiger partial charge is 0.314 e. The molecule has 118 valence electrons. The third-order valence-electron chi connectivity index (χ3n) is 2.74. The van der Waals surface area contributed by atoms with E-state index < -0.39 is 6.10 Å². The maximum Gasteiger partial charge on any atom is 0.314 e. The highest BCUT2D eigenvalue weighted by Gasteiger charge is 2.05. The number of carbonyl (C=O) groups is 1. The van der Waals surface area contributed by atoms with Gasteiger partial charge in [-0.1, -0.05) is 23.2 Å². The largest absolute Gasteiger partial charge is 0.391 e. The normalized spacial score (nSPS) is 12.0. The molecule has 1 atom stereocenters. The second kappa shape index (κ2) is 9.84. The highest BCUT2D eigenvalue weighted by atomic mass is 35.5. The summed E-state index contributed by atoms with van der Waals surface area (Å²) in [5, 5.41) is 16.0. The second-order valence-electron chi connectivity index (χ2n) is 4.61. The lowest BCUT2D eigenvalue weighted by Crippen LogP contribution is -2.38. The predicted molar refractivity (Wildman–Crippen MR) is 84.1 cm³/mol. The van der Waals surface area contributed by atoms with Crippen molar-refractivity contribution >= 4 is 29.2 Å². The standard InChI is InChI=1S/C14H20Cl2N2O3/c1-21-9-13(19)3-5-18-14(20)17-4-2-10-6-11(15)8-12(16)7-10/h6-8,13,19H,2-5,9H2,1H3,(H2,17,18,20). The zero-order valence-electron chi connectivity index (χ0n) is 11.9. The Balaban J connectivity index is 2.18. The molecule has 0 saturated carbocycles. The van der Waals surface area contributed by atoms with Crippen LogP contribution in [0.4, 0.5) is 4.79 Å². The fourth-order valence-electron chi connectivity index (χ4n) is 1.77. The summed E-state index contributed by atoms with van der Waals surface area (Å²) in [5.41, 5.74) is 0.961. The molecule has 0 aromatic heterocycles. The van der Waals surface area contributed by atoms with E-state index in [0.717, 1.165) is 5.56 Å². The van der Waals surface area contributed by atoms with Gasteiger partial charge < -0.3 is 20.5 Å². The van der Waals surface area contributed by atoms with Crippen LogP contribution in [0.3, 0.4) is 0 Å². The Labute approximate surface area is 134 Å². The van der Waals surface area contributed by atoms with Crippen molar-refractivity contribution in [3.05, 3.63) is 33.8 Å². The second-order valence-corrected chi connectivity index (χ2v) is 5.48. The Morgan fingerprint density at radius 2 is 1.86 bits per heavy atom. The fourth-order valence-corrected chi connectivity index (χ4v) is 2.34. The number of methoxy groups -OCH3 is 1. The maximum absolute atomic E-state index is 11.5. The molecule has 21 heavy (non-hydrogen) atoms. The van der Waals surface area contributed by atoms with Crippen LogP contribution >= 0.6 is 23.2 Å². The summed E-state index contributed by atoms with van der Waals surface area (Å²) >= 11 is 11.8. The topological polar surface area (TPSA) is 70.6 Å². The number of hydrogen-bond acceptors (Lipinski definition) is 3. The van der Waals surface area contributed by atoms with Crippen molar-refractivity contribution in [3.8, 4) is 0 Å². The quantitative estimate of drug-likeness (QED) is 0.682. The summed E-state index contributed by atoms with van der Waals surface area (Å²) in [5.74, 6) is 0. The van der Waals surface area contributed by atoms with E-state index in [1.165, 1.54) is 7.11 Å². The molecule has 0 fully saturated rings. The van der Waals surface area contributed by atoms with Gasteiger partial charge in [0.05, 0.1) is 12.7 Å². The maximum atomic E-state index is 11.5. The minimum atomic E-state index is -0.566. The van der Waals surface area contributed by atoms with Crippen LogP contribution in [0.25, 0.3) is 0 Å². The molecule has 2 amide bonds. The van der Waals surface area contributed by atoms with E-state index >= 15 is 0 Å². The first kappa shape index (κ1) is 18.0. The van der Waals surface area contributed by atoms with Crippen LogP contribution in [-0.2, 0) is 11.2 Å². The number of aliphatic hydroxyl groups excluding tert-OH is 1. The average Bonchev–Trinajstić information content (AvgIpc) is 2.37. The van der Waals surface area contributed by atoms with Gasteiger partial charge in [-0.3, -0.25) is 0 Å². The number of benzene rings is 1. The van der Waals surface area contributed by atoms with E-state index in [2.05, 4.69) is 10.6 Å². The number of urea groups is 1. The summed E-state index contributed by atoms with van der Waals surface area (Å²) < 4.78 is 4.79. The third-order valence-corrected chi connectivity index (χ3v) is 3.18. The summed E-state index contributed by atoms with van der Waals surface area (Å²) in [7, 11) is 1.52. The van der Waals surface area contributed by atoms with E-state index in [1.807, 2.05) is 12.1 Å². The molecular weight excluding hydrogens is 315 g/mol. The van der Waals surface area contributed by atoms with Crippen LogP contribution in [0.5, 0.6) is 0 Å². The Kier molecular flexibility index (Phi) is 8.45. The van der Waals surface area contributed by atoms with Crippen LogP contribution in [0.15, 0.2) is 18.2 Å².